The zero-order valence-electron chi connectivity index (χ0n) is 9.69. The van der Waals surface area contributed by atoms with Gasteiger partial charge in [0.05, 0.1) is 6.10 Å². The van der Waals surface area contributed by atoms with Crippen LogP contribution in [0.15, 0.2) is 24.5 Å². The van der Waals surface area contributed by atoms with Crippen molar-refractivity contribution in [3.8, 4) is 0 Å². The molecular formula is C13H17N3O. The molecule has 4 heteroatoms. The van der Waals surface area contributed by atoms with Gasteiger partial charge in [0.25, 0.3) is 0 Å². The minimum absolute atomic E-state index is 0.308. The Morgan fingerprint density at radius 3 is 3.24 bits per heavy atom. The van der Waals surface area contributed by atoms with Crippen LogP contribution in [0, 0.1) is 5.92 Å². The van der Waals surface area contributed by atoms with E-state index in [1.165, 1.54) is 0 Å². The molecule has 0 amide bonds. The maximum atomic E-state index is 10.4. The van der Waals surface area contributed by atoms with Gasteiger partial charge >= 0.3 is 0 Å². The van der Waals surface area contributed by atoms with Crippen LogP contribution in [-0.4, -0.2) is 28.2 Å². The molecular weight excluding hydrogens is 214 g/mol. The largest absolute Gasteiger partial charge is 0.388 e. The second-order valence-corrected chi connectivity index (χ2v) is 4.69. The molecule has 2 atom stereocenters. The maximum absolute atomic E-state index is 10.4. The summed E-state index contributed by atoms with van der Waals surface area (Å²) in [7, 11) is 0. The molecule has 2 unspecified atom stereocenters. The van der Waals surface area contributed by atoms with Gasteiger partial charge < -0.3 is 15.4 Å². The fourth-order valence-electron chi connectivity index (χ4n) is 2.62. The molecule has 2 aromatic rings. The Balaban J connectivity index is 1.92. The highest BCUT2D eigenvalue weighted by molar-refractivity contribution is 5.79. The van der Waals surface area contributed by atoms with E-state index in [4.69, 9.17) is 0 Å². The second-order valence-electron chi connectivity index (χ2n) is 4.69. The van der Waals surface area contributed by atoms with Gasteiger partial charge in [-0.1, -0.05) is 0 Å². The third-order valence-corrected chi connectivity index (χ3v) is 3.58. The van der Waals surface area contributed by atoms with E-state index in [9.17, 15) is 5.11 Å². The molecule has 4 nitrogen and oxygen atoms in total. The number of aliphatic hydroxyl groups excluding tert-OH is 1. The molecule has 0 aliphatic carbocycles. The van der Waals surface area contributed by atoms with Gasteiger partial charge in [-0.05, 0) is 31.5 Å². The smallest absolute Gasteiger partial charge is 0.137 e. The van der Waals surface area contributed by atoms with Crippen LogP contribution < -0.4 is 5.32 Å². The Bertz CT molecular complexity index is 502. The maximum Gasteiger partial charge on any atom is 0.137 e. The van der Waals surface area contributed by atoms with Crippen molar-refractivity contribution in [3.05, 3.63) is 30.1 Å². The summed E-state index contributed by atoms with van der Waals surface area (Å²) >= 11 is 0. The van der Waals surface area contributed by atoms with Gasteiger partial charge in [0.2, 0.25) is 0 Å². The molecule has 3 heterocycles. The summed E-state index contributed by atoms with van der Waals surface area (Å²) in [6, 6.07) is 3.92. The van der Waals surface area contributed by atoms with Gasteiger partial charge in [-0.2, -0.15) is 0 Å². The predicted octanol–water partition coefficient (Wildman–Crippen LogP) is 1.60. The van der Waals surface area contributed by atoms with Crippen LogP contribution >= 0.6 is 0 Å². The van der Waals surface area contributed by atoms with Gasteiger partial charge in [-0.3, -0.25) is 0 Å². The highest BCUT2D eigenvalue weighted by Gasteiger charge is 2.24. The lowest BCUT2D eigenvalue weighted by Crippen LogP contribution is -2.33. The van der Waals surface area contributed by atoms with Crippen molar-refractivity contribution in [2.45, 2.75) is 18.9 Å². The summed E-state index contributed by atoms with van der Waals surface area (Å²) < 4.78 is 0. The van der Waals surface area contributed by atoms with Crippen molar-refractivity contribution >= 4 is 11.0 Å². The summed E-state index contributed by atoms with van der Waals surface area (Å²) in [4.78, 5) is 7.36. The van der Waals surface area contributed by atoms with E-state index in [0.717, 1.165) is 42.5 Å². The number of rotatable bonds is 2. The van der Waals surface area contributed by atoms with Gasteiger partial charge in [-0.15, -0.1) is 0 Å². The SMILES string of the molecule is OC(c1c[nH]c2ncccc12)C1CCCNC1. The van der Waals surface area contributed by atoms with E-state index in [-0.39, 0.29) is 0 Å². The predicted molar refractivity (Wildman–Crippen MR) is 66.6 cm³/mol. The summed E-state index contributed by atoms with van der Waals surface area (Å²) in [6.07, 6.45) is 5.47. The molecule has 0 aromatic carbocycles. The minimum atomic E-state index is -0.402. The third kappa shape index (κ3) is 1.94. The van der Waals surface area contributed by atoms with Crippen LogP contribution in [0.5, 0.6) is 0 Å². The van der Waals surface area contributed by atoms with Crippen LogP contribution in [0.1, 0.15) is 24.5 Å². The average molecular weight is 231 g/mol. The molecule has 2 aromatic heterocycles. The topological polar surface area (TPSA) is 60.9 Å². The van der Waals surface area contributed by atoms with Crippen LogP contribution in [0.2, 0.25) is 0 Å². The summed E-state index contributed by atoms with van der Waals surface area (Å²) in [5.41, 5.74) is 1.83. The number of nitrogens with zero attached hydrogens (tertiary/aromatic N) is 1. The number of piperidine rings is 1. The molecule has 0 saturated carbocycles. The van der Waals surface area contributed by atoms with E-state index in [1.54, 1.807) is 6.20 Å². The lowest BCUT2D eigenvalue weighted by Gasteiger charge is -2.27. The number of aromatic nitrogens is 2. The molecule has 1 aliphatic heterocycles. The Labute approximate surface area is 100 Å². The summed E-state index contributed by atoms with van der Waals surface area (Å²) in [5.74, 6) is 0.308. The van der Waals surface area contributed by atoms with Crippen LogP contribution in [0.4, 0.5) is 0 Å². The highest BCUT2D eigenvalue weighted by Crippen LogP contribution is 2.31. The molecule has 0 spiro atoms. The number of nitrogens with one attached hydrogen (secondary N) is 2. The van der Waals surface area contributed by atoms with Gasteiger partial charge in [0.15, 0.2) is 0 Å². The van der Waals surface area contributed by atoms with E-state index < -0.39 is 6.10 Å². The van der Waals surface area contributed by atoms with Crippen molar-refractivity contribution in [1.29, 1.82) is 0 Å². The molecule has 3 N–H and O–H groups in total. The quantitative estimate of drug-likeness (QED) is 0.735. The standard InChI is InChI=1S/C13H17N3O/c17-12(9-3-1-5-14-7-9)11-8-16-13-10(11)4-2-6-15-13/h2,4,6,8-9,12,14,17H,1,3,5,7H2,(H,15,16). The lowest BCUT2D eigenvalue weighted by atomic mass is 9.89. The van der Waals surface area contributed by atoms with Gasteiger partial charge in [-0.25, -0.2) is 4.98 Å². The van der Waals surface area contributed by atoms with Crippen molar-refractivity contribution in [3.63, 3.8) is 0 Å². The lowest BCUT2D eigenvalue weighted by molar-refractivity contribution is 0.0934. The van der Waals surface area contributed by atoms with Crippen molar-refractivity contribution < 1.29 is 5.11 Å². The van der Waals surface area contributed by atoms with E-state index in [1.807, 2.05) is 18.3 Å². The van der Waals surface area contributed by atoms with Crippen molar-refractivity contribution in [2.75, 3.05) is 13.1 Å². The van der Waals surface area contributed by atoms with E-state index >= 15 is 0 Å². The Kier molecular flexibility index (Phi) is 2.82. The second kappa shape index (κ2) is 4.47. The minimum Gasteiger partial charge on any atom is -0.388 e. The fourth-order valence-corrected chi connectivity index (χ4v) is 2.62. The molecule has 17 heavy (non-hydrogen) atoms. The molecule has 1 fully saturated rings. The third-order valence-electron chi connectivity index (χ3n) is 3.58. The molecule has 0 radical (unpaired) electrons. The molecule has 1 aliphatic rings. The number of H-pyrrole nitrogens is 1. The zero-order valence-corrected chi connectivity index (χ0v) is 9.69. The number of fused-ring (bicyclic) bond motifs is 1. The van der Waals surface area contributed by atoms with E-state index in [0.29, 0.717) is 5.92 Å². The van der Waals surface area contributed by atoms with Crippen LogP contribution in [0.3, 0.4) is 0 Å². The average Bonchev–Trinajstić information content (AvgIpc) is 2.83. The number of hydrogen-bond donors (Lipinski definition) is 3. The number of aromatic amines is 1. The monoisotopic (exact) mass is 231 g/mol. The Morgan fingerprint density at radius 2 is 2.41 bits per heavy atom. The van der Waals surface area contributed by atoms with Crippen LogP contribution in [0.25, 0.3) is 11.0 Å². The number of hydrogen-bond acceptors (Lipinski definition) is 3. The summed E-state index contributed by atoms with van der Waals surface area (Å²) in [5, 5.41) is 14.8. The Hall–Kier alpha value is -1.39. The zero-order chi connectivity index (χ0) is 11.7. The number of pyridine rings is 1. The molecule has 1 saturated heterocycles. The molecule has 3 rings (SSSR count). The first-order valence-electron chi connectivity index (χ1n) is 6.17. The first-order chi connectivity index (χ1) is 8.36. The van der Waals surface area contributed by atoms with Gasteiger partial charge in [0.1, 0.15) is 5.65 Å². The highest BCUT2D eigenvalue weighted by atomic mass is 16.3. The van der Waals surface area contributed by atoms with Crippen molar-refractivity contribution in [2.24, 2.45) is 5.92 Å². The first kappa shape index (κ1) is 10.7. The normalized spacial score (nSPS) is 22.8. The van der Waals surface area contributed by atoms with E-state index in [2.05, 4.69) is 15.3 Å². The van der Waals surface area contributed by atoms with Gasteiger partial charge in [0, 0.05) is 35.8 Å². The fraction of sp³-hybridized carbons (Fsp3) is 0.462. The first-order valence-corrected chi connectivity index (χ1v) is 6.17. The Morgan fingerprint density at radius 1 is 1.47 bits per heavy atom. The summed E-state index contributed by atoms with van der Waals surface area (Å²) in [6.45, 7) is 1.97. The number of aliphatic hydroxyl groups is 1. The molecule has 90 valence electrons. The van der Waals surface area contributed by atoms with Crippen LogP contribution in [-0.2, 0) is 0 Å². The molecule has 0 bridgehead atoms. The van der Waals surface area contributed by atoms with Crippen molar-refractivity contribution in [1.82, 2.24) is 15.3 Å².